The summed E-state index contributed by atoms with van der Waals surface area (Å²) in [6.45, 7) is 5.54. The minimum atomic E-state index is -0.536. The van der Waals surface area contributed by atoms with Gasteiger partial charge in [0.25, 0.3) is 0 Å². The Morgan fingerprint density at radius 1 is 1.33 bits per heavy atom. The van der Waals surface area contributed by atoms with Gasteiger partial charge in [-0.3, -0.25) is 14.5 Å². The van der Waals surface area contributed by atoms with Crippen molar-refractivity contribution in [2.45, 2.75) is 32.9 Å². The second kappa shape index (κ2) is 6.05. The summed E-state index contributed by atoms with van der Waals surface area (Å²) in [5.74, 6) is 0.385. The molecule has 2 unspecified atom stereocenters. The van der Waals surface area contributed by atoms with Crippen molar-refractivity contribution in [3.05, 3.63) is 22.7 Å². The molecule has 0 bridgehead atoms. The van der Waals surface area contributed by atoms with Crippen LogP contribution >= 0.6 is 15.9 Å². The van der Waals surface area contributed by atoms with Crippen molar-refractivity contribution in [3.63, 3.8) is 0 Å². The molecule has 1 aliphatic rings. The average molecular weight is 355 g/mol. The van der Waals surface area contributed by atoms with E-state index in [1.54, 1.807) is 31.1 Å². The maximum Gasteiger partial charge on any atom is 0.250 e. The number of nitrogens with one attached hydrogen (secondary N) is 1. The quantitative estimate of drug-likeness (QED) is 0.906. The normalized spacial score (nSPS) is 22.5. The number of rotatable bonds is 3. The van der Waals surface area contributed by atoms with Crippen LogP contribution in [0.15, 0.2) is 22.7 Å². The smallest absolute Gasteiger partial charge is 0.250 e. The van der Waals surface area contributed by atoms with Gasteiger partial charge < -0.3 is 10.1 Å². The number of carbonyl (C=O) groups is 2. The summed E-state index contributed by atoms with van der Waals surface area (Å²) in [5.41, 5.74) is 0.653. The molecule has 1 fully saturated rings. The molecule has 1 saturated heterocycles. The predicted molar refractivity (Wildman–Crippen MR) is 84.4 cm³/mol. The molecule has 2 rings (SSSR count). The number of anilines is 1. The van der Waals surface area contributed by atoms with Crippen molar-refractivity contribution in [3.8, 4) is 5.75 Å². The van der Waals surface area contributed by atoms with Crippen molar-refractivity contribution in [1.82, 2.24) is 5.32 Å². The second-order valence-corrected chi connectivity index (χ2v) is 6.30. The molecule has 1 aromatic carbocycles. The van der Waals surface area contributed by atoms with E-state index in [4.69, 9.17) is 4.74 Å². The molecule has 2 amide bonds. The van der Waals surface area contributed by atoms with E-state index in [1.807, 2.05) is 19.9 Å². The molecule has 0 aliphatic carbocycles. The average Bonchev–Trinajstić information content (AvgIpc) is 2.43. The van der Waals surface area contributed by atoms with Gasteiger partial charge in [-0.2, -0.15) is 0 Å². The number of hydrogen-bond acceptors (Lipinski definition) is 3. The summed E-state index contributed by atoms with van der Waals surface area (Å²) in [5, 5.41) is 2.73. The lowest BCUT2D eigenvalue weighted by atomic mass is 9.96. The molecule has 114 valence electrons. The largest absolute Gasteiger partial charge is 0.497 e. The molecule has 0 radical (unpaired) electrons. The molecule has 6 heteroatoms. The van der Waals surface area contributed by atoms with Gasteiger partial charge in [-0.1, -0.05) is 13.8 Å². The number of halogens is 1. The first-order valence-corrected chi connectivity index (χ1v) is 7.63. The highest BCUT2D eigenvalue weighted by Gasteiger charge is 2.41. The highest BCUT2D eigenvalue weighted by atomic mass is 79.9. The van der Waals surface area contributed by atoms with E-state index in [9.17, 15) is 9.59 Å². The standard InChI is InChI=1S/C15H19BrN2O3/c1-8(2)13-14(19)17-9(3)15(20)18(13)12-7-10(21-4)5-6-11(12)16/h5-9,13H,1-4H3,(H,17,19). The summed E-state index contributed by atoms with van der Waals surface area (Å²) in [7, 11) is 1.57. The van der Waals surface area contributed by atoms with Crippen molar-refractivity contribution in [2.75, 3.05) is 12.0 Å². The van der Waals surface area contributed by atoms with Gasteiger partial charge in [0.1, 0.15) is 17.8 Å². The summed E-state index contributed by atoms with van der Waals surface area (Å²) < 4.78 is 5.98. The zero-order valence-corrected chi connectivity index (χ0v) is 14.1. The van der Waals surface area contributed by atoms with Crippen LogP contribution in [0.1, 0.15) is 20.8 Å². The van der Waals surface area contributed by atoms with Gasteiger partial charge in [0.2, 0.25) is 11.8 Å². The van der Waals surface area contributed by atoms with E-state index in [1.165, 1.54) is 0 Å². The third kappa shape index (κ3) is 2.90. The molecular formula is C15H19BrN2O3. The van der Waals surface area contributed by atoms with Crippen LogP contribution in [0.25, 0.3) is 0 Å². The van der Waals surface area contributed by atoms with Crippen LogP contribution in [0.3, 0.4) is 0 Å². The van der Waals surface area contributed by atoms with Gasteiger partial charge in [-0.05, 0) is 40.9 Å². The fraction of sp³-hybridized carbons (Fsp3) is 0.467. The highest BCUT2D eigenvalue weighted by Crippen LogP contribution is 2.34. The SMILES string of the molecule is COc1ccc(Br)c(N2C(=O)C(C)NC(=O)C2C(C)C)c1. The maximum atomic E-state index is 12.6. The Hall–Kier alpha value is -1.56. The molecule has 1 heterocycles. The second-order valence-electron chi connectivity index (χ2n) is 5.44. The van der Waals surface area contributed by atoms with Crippen molar-refractivity contribution < 1.29 is 14.3 Å². The van der Waals surface area contributed by atoms with E-state index in [-0.39, 0.29) is 17.7 Å². The van der Waals surface area contributed by atoms with Crippen LogP contribution in [0.4, 0.5) is 5.69 Å². The highest BCUT2D eigenvalue weighted by molar-refractivity contribution is 9.10. The van der Waals surface area contributed by atoms with Crippen LogP contribution in [0, 0.1) is 5.92 Å². The first kappa shape index (κ1) is 15.8. The van der Waals surface area contributed by atoms with Crippen molar-refractivity contribution >= 4 is 33.4 Å². The van der Waals surface area contributed by atoms with E-state index < -0.39 is 12.1 Å². The number of hydrogen-bond donors (Lipinski definition) is 1. The van der Waals surface area contributed by atoms with Crippen LogP contribution < -0.4 is 15.0 Å². The number of ether oxygens (including phenoxy) is 1. The van der Waals surface area contributed by atoms with Crippen LogP contribution in [-0.2, 0) is 9.59 Å². The Kier molecular flexibility index (Phi) is 4.56. The van der Waals surface area contributed by atoms with Crippen molar-refractivity contribution in [1.29, 1.82) is 0 Å². The van der Waals surface area contributed by atoms with Gasteiger partial charge in [0, 0.05) is 10.5 Å². The topological polar surface area (TPSA) is 58.6 Å². The third-order valence-corrected chi connectivity index (χ3v) is 4.23. The molecule has 2 atom stereocenters. The summed E-state index contributed by atoms with van der Waals surface area (Å²) in [6.07, 6.45) is 0. The summed E-state index contributed by atoms with van der Waals surface area (Å²) in [6, 6.07) is 4.32. The zero-order chi connectivity index (χ0) is 15.7. The number of benzene rings is 1. The van der Waals surface area contributed by atoms with Gasteiger partial charge in [-0.25, -0.2) is 0 Å². The molecule has 5 nitrogen and oxygen atoms in total. The lowest BCUT2D eigenvalue weighted by Crippen LogP contribution is -2.64. The number of carbonyl (C=O) groups excluding carboxylic acids is 2. The Bertz CT molecular complexity index is 574. The van der Waals surface area contributed by atoms with Gasteiger partial charge in [0.15, 0.2) is 0 Å². The number of amides is 2. The molecule has 21 heavy (non-hydrogen) atoms. The summed E-state index contributed by atoms with van der Waals surface area (Å²) >= 11 is 3.46. The molecule has 0 saturated carbocycles. The molecule has 1 N–H and O–H groups in total. The first-order chi connectivity index (χ1) is 9.86. The molecule has 1 aromatic rings. The monoisotopic (exact) mass is 354 g/mol. The Morgan fingerprint density at radius 2 is 2.00 bits per heavy atom. The maximum absolute atomic E-state index is 12.6. The Labute approximate surface area is 132 Å². The number of nitrogens with zero attached hydrogens (tertiary/aromatic N) is 1. The molecule has 0 spiro atoms. The molecule has 1 aliphatic heterocycles. The number of methoxy groups -OCH3 is 1. The van der Waals surface area contributed by atoms with Gasteiger partial charge >= 0.3 is 0 Å². The lowest BCUT2D eigenvalue weighted by Gasteiger charge is -2.40. The van der Waals surface area contributed by atoms with Crippen LogP contribution in [0.5, 0.6) is 5.75 Å². The Balaban J connectivity index is 2.55. The van der Waals surface area contributed by atoms with Crippen LogP contribution in [-0.4, -0.2) is 31.0 Å². The van der Waals surface area contributed by atoms with E-state index in [0.717, 1.165) is 4.47 Å². The van der Waals surface area contributed by atoms with Crippen LogP contribution in [0.2, 0.25) is 0 Å². The number of piperazine rings is 1. The van der Waals surface area contributed by atoms with Crippen molar-refractivity contribution in [2.24, 2.45) is 5.92 Å². The van der Waals surface area contributed by atoms with E-state index in [0.29, 0.717) is 11.4 Å². The minimum Gasteiger partial charge on any atom is -0.497 e. The molecular weight excluding hydrogens is 336 g/mol. The molecule has 0 aromatic heterocycles. The van der Waals surface area contributed by atoms with Gasteiger partial charge in [-0.15, -0.1) is 0 Å². The summed E-state index contributed by atoms with van der Waals surface area (Å²) in [4.78, 5) is 26.4. The van der Waals surface area contributed by atoms with Gasteiger partial charge in [0.05, 0.1) is 12.8 Å². The zero-order valence-electron chi connectivity index (χ0n) is 12.5. The van der Waals surface area contributed by atoms with E-state index >= 15 is 0 Å². The fourth-order valence-electron chi connectivity index (χ4n) is 2.50. The third-order valence-electron chi connectivity index (χ3n) is 3.56. The van der Waals surface area contributed by atoms with E-state index in [2.05, 4.69) is 21.2 Å². The lowest BCUT2D eigenvalue weighted by molar-refractivity contribution is -0.134. The fourth-order valence-corrected chi connectivity index (χ4v) is 2.93. The predicted octanol–water partition coefficient (Wildman–Crippen LogP) is 2.33. The minimum absolute atomic E-state index is 0.000416. The first-order valence-electron chi connectivity index (χ1n) is 6.83. The Morgan fingerprint density at radius 3 is 2.57 bits per heavy atom.